The fraction of sp³-hybridized carbons (Fsp3) is 0.259. The second kappa shape index (κ2) is 10.1. The van der Waals surface area contributed by atoms with Crippen LogP contribution in [-0.2, 0) is 14.8 Å². The molecule has 0 aromatic heterocycles. The van der Waals surface area contributed by atoms with Gasteiger partial charge >= 0.3 is 6.02 Å². The molecule has 36 heavy (non-hydrogen) atoms. The second-order valence-electron chi connectivity index (χ2n) is 9.04. The van der Waals surface area contributed by atoms with Crippen molar-refractivity contribution in [2.75, 3.05) is 6.61 Å². The molecule has 0 fully saturated rings. The summed E-state index contributed by atoms with van der Waals surface area (Å²) in [6.45, 7) is 3.06. The van der Waals surface area contributed by atoms with Gasteiger partial charge in [-0.3, -0.25) is 0 Å². The first-order valence-electron chi connectivity index (χ1n) is 11.4. The first-order valence-corrected chi connectivity index (χ1v) is 12.9. The number of sulfonamides is 1. The Bertz CT molecular complexity index is 1430. The van der Waals surface area contributed by atoms with E-state index in [4.69, 9.17) is 10.00 Å². The van der Waals surface area contributed by atoms with Crippen LogP contribution in [0.15, 0.2) is 77.2 Å². The first kappa shape index (κ1) is 25.4. The van der Waals surface area contributed by atoms with Gasteiger partial charge in [-0.25, -0.2) is 12.8 Å². The number of rotatable bonds is 6. The number of nitrogens with one attached hydrogen (secondary N) is 1. The summed E-state index contributed by atoms with van der Waals surface area (Å²) in [7, 11) is -4.07. The lowest BCUT2D eigenvalue weighted by Gasteiger charge is -2.38. The molecule has 0 amide bonds. The van der Waals surface area contributed by atoms with Crippen molar-refractivity contribution < 1.29 is 22.7 Å². The van der Waals surface area contributed by atoms with Gasteiger partial charge < -0.3 is 15.2 Å². The molecule has 0 saturated heterocycles. The van der Waals surface area contributed by atoms with Crippen LogP contribution < -0.4 is 5.32 Å². The minimum absolute atomic E-state index is 0.127. The SMILES string of the molecule is CC1(C)OC(N[C@@H](CCO)c2ccccc2F)=NS(=O)(=O)C1c1ccc(-c2cccc(C#N)c2)cc1. The van der Waals surface area contributed by atoms with Crippen LogP contribution in [0.5, 0.6) is 0 Å². The van der Waals surface area contributed by atoms with Gasteiger partial charge in [-0.05, 0) is 55.2 Å². The zero-order valence-electron chi connectivity index (χ0n) is 19.8. The maximum absolute atomic E-state index is 14.4. The summed E-state index contributed by atoms with van der Waals surface area (Å²) in [6, 6.07) is 21.3. The fourth-order valence-electron chi connectivity index (χ4n) is 4.44. The van der Waals surface area contributed by atoms with E-state index in [9.17, 15) is 17.9 Å². The lowest BCUT2D eigenvalue weighted by Crippen LogP contribution is -2.47. The summed E-state index contributed by atoms with van der Waals surface area (Å²) >= 11 is 0. The van der Waals surface area contributed by atoms with E-state index in [-0.39, 0.29) is 24.6 Å². The first-order chi connectivity index (χ1) is 17.1. The van der Waals surface area contributed by atoms with Gasteiger partial charge in [-0.15, -0.1) is 4.40 Å². The maximum Gasteiger partial charge on any atom is 0.301 e. The average Bonchev–Trinajstić information content (AvgIpc) is 2.83. The van der Waals surface area contributed by atoms with Crippen molar-refractivity contribution in [3.05, 3.63) is 95.3 Å². The van der Waals surface area contributed by atoms with E-state index in [1.165, 1.54) is 6.07 Å². The van der Waals surface area contributed by atoms with Crippen molar-refractivity contribution in [2.45, 2.75) is 37.2 Å². The third-order valence-electron chi connectivity index (χ3n) is 6.03. The van der Waals surface area contributed by atoms with Gasteiger partial charge in [0.25, 0.3) is 10.0 Å². The van der Waals surface area contributed by atoms with Crippen LogP contribution in [0.1, 0.15) is 48.3 Å². The predicted molar refractivity (Wildman–Crippen MR) is 135 cm³/mol. The number of aliphatic hydroxyl groups is 1. The number of benzene rings is 3. The van der Waals surface area contributed by atoms with Crippen molar-refractivity contribution in [2.24, 2.45) is 4.40 Å². The zero-order chi connectivity index (χ0) is 25.9. The van der Waals surface area contributed by atoms with E-state index < -0.39 is 32.7 Å². The topological polar surface area (TPSA) is 112 Å². The monoisotopic (exact) mass is 507 g/mol. The molecule has 1 unspecified atom stereocenters. The van der Waals surface area contributed by atoms with Gasteiger partial charge in [0.1, 0.15) is 16.7 Å². The quantitative estimate of drug-likeness (QED) is 0.504. The number of halogens is 1. The molecule has 7 nitrogen and oxygen atoms in total. The predicted octanol–water partition coefficient (Wildman–Crippen LogP) is 4.61. The minimum Gasteiger partial charge on any atom is -0.457 e. The van der Waals surface area contributed by atoms with Crippen LogP contribution >= 0.6 is 0 Å². The highest BCUT2D eigenvalue weighted by molar-refractivity contribution is 7.90. The Kier molecular flexibility index (Phi) is 7.11. The van der Waals surface area contributed by atoms with Crippen molar-refractivity contribution >= 4 is 16.0 Å². The number of hydrogen-bond acceptors (Lipinski definition) is 6. The molecule has 3 aromatic carbocycles. The second-order valence-corrected chi connectivity index (χ2v) is 10.7. The summed E-state index contributed by atoms with van der Waals surface area (Å²) in [5.41, 5.74) is 1.78. The molecule has 0 radical (unpaired) electrons. The van der Waals surface area contributed by atoms with Crippen molar-refractivity contribution in [1.82, 2.24) is 5.32 Å². The van der Waals surface area contributed by atoms with Crippen LogP contribution in [0.25, 0.3) is 11.1 Å². The Morgan fingerprint density at radius 3 is 2.47 bits per heavy atom. The highest BCUT2D eigenvalue weighted by atomic mass is 32.2. The van der Waals surface area contributed by atoms with Crippen LogP contribution in [0, 0.1) is 17.1 Å². The molecule has 2 atom stereocenters. The Hall–Kier alpha value is -3.74. The number of nitriles is 1. The third-order valence-corrected chi connectivity index (χ3v) is 7.89. The number of nitrogens with zero attached hydrogens (tertiary/aromatic N) is 2. The van der Waals surface area contributed by atoms with E-state index >= 15 is 0 Å². The van der Waals surface area contributed by atoms with Gasteiger partial charge in [0.15, 0.2) is 0 Å². The average molecular weight is 508 g/mol. The normalized spacial score (nSPS) is 18.9. The van der Waals surface area contributed by atoms with Gasteiger partial charge in [-0.2, -0.15) is 5.26 Å². The third kappa shape index (κ3) is 5.25. The molecule has 1 aliphatic rings. The lowest BCUT2D eigenvalue weighted by molar-refractivity contribution is 0.0759. The molecule has 0 spiro atoms. The minimum atomic E-state index is -4.07. The van der Waals surface area contributed by atoms with Crippen molar-refractivity contribution in [1.29, 1.82) is 5.26 Å². The van der Waals surface area contributed by atoms with Gasteiger partial charge in [0.2, 0.25) is 0 Å². The summed E-state index contributed by atoms with van der Waals surface area (Å²) in [4.78, 5) is 0. The van der Waals surface area contributed by atoms with Crippen molar-refractivity contribution in [3.63, 3.8) is 0 Å². The number of hydrogen-bond donors (Lipinski definition) is 2. The molecule has 9 heteroatoms. The van der Waals surface area contributed by atoms with E-state index in [1.807, 2.05) is 6.07 Å². The summed E-state index contributed by atoms with van der Waals surface area (Å²) in [5, 5.41) is 20.4. The van der Waals surface area contributed by atoms with Crippen molar-refractivity contribution in [3.8, 4) is 17.2 Å². The van der Waals surface area contributed by atoms with Crippen LogP contribution in [-0.4, -0.2) is 31.8 Å². The lowest BCUT2D eigenvalue weighted by atomic mass is 9.95. The van der Waals surface area contributed by atoms with Crippen LogP contribution in [0.4, 0.5) is 4.39 Å². The van der Waals surface area contributed by atoms with E-state index in [2.05, 4.69) is 15.8 Å². The molecule has 0 saturated carbocycles. The van der Waals surface area contributed by atoms with Gasteiger partial charge in [0, 0.05) is 12.2 Å². The molecule has 186 valence electrons. The Labute approximate surface area is 209 Å². The molecule has 1 heterocycles. The molecule has 1 aliphatic heterocycles. The van der Waals surface area contributed by atoms with Crippen LogP contribution in [0.3, 0.4) is 0 Å². The largest absolute Gasteiger partial charge is 0.457 e. The molecule has 0 bridgehead atoms. The number of ether oxygens (including phenoxy) is 1. The Morgan fingerprint density at radius 2 is 1.83 bits per heavy atom. The Morgan fingerprint density at radius 1 is 1.11 bits per heavy atom. The Balaban J connectivity index is 1.63. The molecular formula is C27H26FN3O4S. The van der Waals surface area contributed by atoms with Gasteiger partial charge in [-0.1, -0.05) is 54.6 Å². The maximum atomic E-state index is 14.4. The summed E-state index contributed by atoms with van der Waals surface area (Å²) < 4.78 is 50.9. The molecule has 2 N–H and O–H groups in total. The highest BCUT2D eigenvalue weighted by Crippen LogP contribution is 2.41. The standard InChI is InChI=1S/C27H26FN3O4S/c1-27(2)25(20-12-10-19(11-13-20)21-7-5-6-18(16-21)17-29)36(33,34)31-26(35-27)30-24(14-15-32)22-8-3-4-9-23(22)28/h3-13,16,24-25,32H,14-15H2,1-2H3,(H,30,31)/t24-,25?/m0/s1. The van der Waals surface area contributed by atoms with Gasteiger partial charge in [0.05, 0.1) is 17.7 Å². The molecule has 0 aliphatic carbocycles. The highest BCUT2D eigenvalue weighted by Gasteiger charge is 2.47. The molecule has 3 aromatic rings. The fourth-order valence-corrected chi connectivity index (χ4v) is 6.13. The smallest absolute Gasteiger partial charge is 0.301 e. The van der Waals surface area contributed by atoms with Crippen LogP contribution in [0.2, 0.25) is 0 Å². The van der Waals surface area contributed by atoms with E-state index in [0.29, 0.717) is 11.1 Å². The zero-order valence-corrected chi connectivity index (χ0v) is 20.7. The molecular weight excluding hydrogens is 481 g/mol. The van der Waals surface area contributed by atoms with E-state index in [1.54, 1.807) is 74.5 Å². The number of aliphatic hydroxyl groups excluding tert-OH is 1. The summed E-state index contributed by atoms with van der Waals surface area (Å²) in [6.07, 6.45) is 0.127. The summed E-state index contributed by atoms with van der Waals surface area (Å²) in [5.74, 6) is -0.486. The van der Waals surface area contributed by atoms with E-state index in [0.717, 1.165) is 11.1 Å². The molecule has 4 rings (SSSR count). The number of amidine groups is 1.